The molecule has 1 aliphatic rings. The van der Waals surface area contributed by atoms with E-state index in [-0.39, 0.29) is 5.91 Å². The molecule has 3 aromatic heterocycles. The zero-order valence-corrected chi connectivity index (χ0v) is 17.3. The Bertz CT molecular complexity index is 1230. The molecule has 0 spiro atoms. The maximum atomic E-state index is 13.6. The minimum absolute atomic E-state index is 0.118. The number of fused-ring (bicyclic) bond motifs is 3. The fourth-order valence-electron chi connectivity index (χ4n) is 4.04. The molecule has 0 saturated heterocycles. The highest BCUT2D eigenvalue weighted by molar-refractivity contribution is 6.30. The first-order chi connectivity index (χ1) is 14.7. The molecule has 1 amide bonds. The fourth-order valence-corrected chi connectivity index (χ4v) is 4.17. The van der Waals surface area contributed by atoms with Crippen LogP contribution in [0.15, 0.2) is 55.0 Å². The Labute approximate surface area is 179 Å². The van der Waals surface area contributed by atoms with E-state index in [0.717, 1.165) is 40.6 Å². The van der Waals surface area contributed by atoms with Gasteiger partial charge in [-0.05, 0) is 41.8 Å². The summed E-state index contributed by atoms with van der Waals surface area (Å²) in [6.07, 6.45) is 7.33. The van der Waals surface area contributed by atoms with E-state index in [4.69, 9.17) is 11.6 Å². The van der Waals surface area contributed by atoms with Gasteiger partial charge in [-0.2, -0.15) is 0 Å². The van der Waals surface area contributed by atoms with Gasteiger partial charge in [-0.1, -0.05) is 37.1 Å². The summed E-state index contributed by atoms with van der Waals surface area (Å²) in [7, 11) is 0. The summed E-state index contributed by atoms with van der Waals surface area (Å²) in [5.74, 6) is 0.318. The summed E-state index contributed by atoms with van der Waals surface area (Å²) in [6, 6.07) is 11.4. The van der Waals surface area contributed by atoms with Crippen LogP contribution in [-0.4, -0.2) is 32.0 Å². The molecular weight excluding hydrogens is 398 g/mol. The molecule has 0 fully saturated rings. The molecule has 0 N–H and O–H groups in total. The number of anilines is 1. The lowest BCUT2D eigenvalue weighted by Crippen LogP contribution is -2.41. The zero-order chi connectivity index (χ0) is 20.7. The Morgan fingerprint density at radius 1 is 1.03 bits per heavy atom. The van der Waals surface area contributed by atoms with Gasteiger partial charge in [0.25, 0.3) is 5.91 Å². The van der Waals surface area contributed by atoms with Gasteiger partial charge in [-0.15, -0.1) is 0 Å². The number of halogens is 1. The third-order valence-corrected chi connectivity index (χ3v) is 5.67. The molecule has 1 aromatic carbocycles. The molecule has 0 bridgehead atoms. The molecule has 5 rings (SSSR count). The van der Waals surface area contributed by atoms with Crippen molar-refractivity contribution in [2.24, 2.45) is 0 Å². The van der Waals surface area contributed by atoms with Crippen LogP contribution >= 0.6 is 11.6 Å². The molecule has 1 aliphatic heterocycles. The molecule has 0 saturated carbocycles. The van der Waals surface area contributed by atoms with Crippen LogP contribution in [0.25, 0.3) is 22.2 Å². The van der Waals surface area contributed by atoms with E-state index >= 15 is 0 Å². The van der Waals surface area contributed by atoms with Crippen LogP contribution in [0, 0.1) is 0 Å². The van der Waals surface area contributed by atoms with Crippen molar-refractivity contribution in [3.05, 3.63) is 71.3 Å². The minimum Gasteiger partial charge on any atom is -0.333 e. The van der Waals surface area contributed by atoms with Crippen molar-refractivity contribution in [2.75, 3.05) is 11.4 Å². The van der Waals surface area contributed by atoms with Crippen LogP contribution in [0.5, 0.6) is 0 Å². The van der Waals surface area contributed by atoms with Crippen LogP contribution in [0.2, 0.25) is 5.02 Å². The number of carbonyl (C=O) groups excluding carboxylic acids is 1. The van der Waals surface area contributed by atoms with Gasteiger partial charge in [-0.3, -0.25) is 14.7 Å². The number of rotatable bonds is 4. The number of aromatic nitrogens is 4. The van der Waals surface area contributed by atoms with Crippen LogP contribution < -0.4 is 4.90 Å². The molecular formula is C23H20ClN5O. The van der Waals surface area contributed by atoms with Gasteiger partial charge in [0.2, 0.25) is 5.95 Å². The lowest BCUT2D eigenvalue weighted by molar-refractivity contribution is 0.0965. The van der Waals surface area contributed by atoms with E-state index < -0.39 is 0 Å². The van der Waals surface area contributed by atoms with E-state index in [1.165, 1.54) is 0 Å². The van der Waals surface area contributed by atoms with E-state index in [2.05, 4.69) is 26.4 Å². The van der Waals surface area contributed by atoms with Crippen molar-refractivity contribution < 1.29 is 4.79 Å². The van der Waals surface area contributed by atoms with Crippen LogP contribution in [0.1, 0.15) is 29.4 Å². The summed E-state index contributed by atoms with van der Waals surface area (Å²) in [4.78, 5) is 28.8. The molecule has 6 nitrogen and oxygen atoms in total. The zero-order valence-electron chi connectivity index (χ0n) is 16.5. The van der Waals surface area contributed by atoms with E-state index in [9.17, 15) is 4.79 Å². The van der Waals surface area contributed by atoms with Crippen molar-refractivity contribution in [2.45, 2.75) is 26.3 Å². The molecule has 30 heavy (non-hydrogen) atoms. The molecule has 4 aromatic rings. The molecule has 0 unspecified atom stereocenters. The van der Waals surface area contributed by atoms with E-state index in [1.807, 2.05) is 48.8 Å². The Hall–Kier alpha value is -3.25. The average molecular weight is 418 g/mol. The molecule has 0 atom stereocenters. The van der Waals surface area contributed by atoms with E-state index in [1.54, 1.807) is 11.1 Å². The van der Waals surface area contributed by atoms with Crippen molar-refractivity contribution in [3.63, 3.8) is 0 Å². The second kappa shape index (κ2) is 7.54. The van der Waals surface area contributed by atoms with Gasteiger partial charge in [0.1, 0.15) is 5.69 Å². The van der Waals surface area contributed by atoms with Crippen molar-refractivity contribution in [3.8, 4) is 11.1 Å². The Morgan fingerprint density at radius 2 is 1.80 bits per heavy atom. The fraction of sp³-hybridized carbons (Fsp3) is 0.217. The summed E-state index contributed by atoms with van der Waals surface area (Å²) < 4.78 is 2.05. The highest BCUT2D eigenvalue weighted by Gasteiger charge is 2.33. The van der Waals surface area contributed by atoms with Crippen molar-refractivity contribution in [1.82, 2.24) is 19.5 Å². The third-order valence-electron chi connectivity index (χ3n) is 5.42. The quantitative estimate of drug-likeness (QED) is 0.480. The Balaban J connectivity index is 1.64. The molecule has 0 radical (unpaired) electrons. The second-order valence-corrected chi connectivity index (χ2v) is 7.79. The molecule has 4 heterocycles. The van der Waals surface area contributed by atoms with Crippen LogP contribution in [0.4, 0.5) is 5.95 Å². The molecule has 7 heteroatoms. The van der Waals surface area contributed by atoms with Gasteiger partial charge < -0.3 is 4.57 Å². The normalized spacial score (nSPS) is 13.7. The summed E-state index contributed by atoms with van der Waals surface area (Å²) in [5.41, 5.74) is 5.17. The predicted octanol–water partition coefficient (Wildman–Crippen LogP) is 4.76. The van der Waals surface area contributed by atoms with Crippen LogP contribution in [-0.2, 0) is 13.0 Å². The molecule has 150 valence electrons. The average Bonchev–Trinajstić information content (AvgIpc) is 3.11. The lowest BCUT2D eigenvalue weighted by atomic mass is 10.0. The van der Waals surface area contributed by atoms with E-state index in [0.29, 0.717) is 29.8 Å². The van der Waals surface area contributed by atoms with Crippen molar-refractivity contribution >= 4 is 34.5 Å². The van der Waals surface area contributed by atoms with Crippen molar-refractivity contribution in [1.29, 1.82) is 0 Å². The SMILES string of the molecule is CCCc1cnc(N2CCn3c(c(-c4ccc(Cl)cc4)c4ncccc43)C2=O)nc1. The maximum absolute atomic E-state index is 13.6. The first-order valence-corrected chi connectivity index (χ1v) is 10.4. The number of hydrogen-bond acceptors (Lipinski definition) is 4. The highest BCUT2D eigenvalue weighted by Crippen LogP contribution is 2.37. The first kappa shape index (κ1) is 18.8. The summed E-state index contributed by atoms with van der Waals surface area (Å²) in [6.45, 7) is 3.28. The second-order valence-electron chi connectivity index (χ2n) is 7.35. The number of pyridine rings is 1. The predicted molar refractivity (Wildman–Crippen MR) is 118 cm³/mol. The smallest absolute Gasteiger partial charge is 0.278 e. The highest BCUT2D eigenvalue weighted by atomic mass is 35.5. The van der Waals surface area contributed by atoms with Crippen LogP contribution in [0.3, 0.4) is 0 Å². The number of nitrogens with zero attached hydrogens (tertiary/aromatic N) is 5. The Morgan fingerprint density at radius 3 is 2.53 bits per heavy atom. The number of benzene rings is 1. The van der Waals surface area contributed by atoms with Gasteiger partial charge in [0, 0.05) is 42.3 Å². The number of hydrogen-bond donors (Lipinski definition) is 0. The van der Waals surface area contributed by atoms with Gasteiger partial charge >= 0.3 is 0 Å². The topological polar surface area (TPSA) is 63.9 Å². The standard InChI is InChI=1S/C23H20ClN5O/c1-2-4-15-13-26-23(27-14-15)29-12-11-28-18-5-3-10-25-20(18)19(21(28)22(29)30)16-6-8-17(24)9-7-16/h3,5-10,13-14H,2,4,11-12H2,1H3. The van der Waals surface area contributed by atoms with Gasteiger partial charge in [0.05, 0.1) is 11.0 Å². The number of aryl methyl sites for hydroxylation is 1. The summed E-state index contributed by atoms with van der Waals surface area (Å²) in [5, 5.41) is 0.651. The summed E-state index contributed by atoms with van der Waals surface area (Å²) >= 11 is 6.09. The minimum atomic E-state index is -0.118. The third kappa shape index (κ3) is 3.04. The van der Waals surface area contributed by atoms with Gasteiger partial charge in [0.15, 0.2) is 0 Å². The largest absolute Gasteiger partial charge is 0.333 e. The first-order valence-electron chi connectivity index (χ1n) is 10.0. The van der Waals surface area contributed by atoms with Gasteiger partial charge in [-0.25, -0.2) is 9.97 Å². The molecule has 0 aliphatic carbocycles. The number of carbonyl (C=O) groups is 1. The maximum Gasteiger partial charge on any atom is 0.278 e. The lowest BCUT2D eigenvalue weighted by Gasteiger charge is -2.27. The Kier molecular flexibility index (Phi) is 4.71. The monoisotopic (exact) mass is 417 g/mol. The number of amides is 1.